The Morgan fingerprint density at radius 3 is 2.55 bits per heavy atom. The molecule has 3 rings (SSSR count). The summed E-state index contributed by atoms with van der Waals surface area (Å²) in [6.45, 7) is 0. The fourth-order valence-corrected chi connectivity index (χ4v) is 2.57. The van der Waals surface area contributed by atoms with E-state index < -0.39 is 0 Å². The molecule has 0 saturated carbocycles. The maximum absolute atomic E-state index is 12.5. The Labute approximate surface area is 122 Å². The molecular weight excluding hydrogens is 270 g/mol. The van der Waals surface area contributed by atoms with Crippen LogP contribution in [0.1, 0.15) is 15.9 Å². The largest absolute Gasteiger partial charge is 0.350 e. The summed E-state index contributed by atoms with van der Waals surface area (Å²) >= 11 is 5.86. The molecule has 0 aliphatic rings. The first kappa shape index (κ1) is 12.9. The van der Waals surface area contributed by atoms with Crippen molar-refractivity contribution in [2.75, 3.05) is 0 Å². The van der Waals surface area contributed by atoms with Gasteiger partial charge in [-0.15, -0.1) is 0 Å². The van der Waals surface area contributed by atoms with Crippen LogP contribution in [0.15, 0.2) is 54.7 Å². The van der Waals surface area contributed by atoms with Crippen LogP contribution in [0.5, 0.6) is 0 Å². The highest BCUT2D eigenvalue weighted by Crippen LogP contribution is 2.22. The zero-order chi connectivity index (χ0) is 14.1. The lowest BCUT2D eigenvalue weighted by molar-refractivity contribution is 0.0994. The van der Waals surface area contributed by atoms with Crippen LogP contribution >= 0.6 is 11.6 Å². The molecule has 20 heavy (non-hydrogen) atoms. The summed E-state index contributed by atoms with van der Waals surface area (Å²) in [5.41, 5.74) is 2.83. The van der Waals surface area contributed by atoms with Crippen LogP contribution in [-0.4, -0.2) is 10.4 Å². The zero-order valence-corrected chi connectivity index (χ0v) is 11.9. The Hall–Kier alpha value is -2.06. The Bertz CT molecular complexity index is 771. The number of para-hydroxylation sites is 1. The predicted octanol–water partition coefficient (Wildman–Crippen LogP) is 4.26. The van der Waals surface area contributed by atoms with Gasteiger partial charge in [0.1, 0.15) is 0 Å². The molecule has 0 bridgehead atoms. The molecule has 0 saturated heterocycles. The highest BCUT2D eigenvalue weighted by molar-refractivity contribution is 6.30. The number of carbonyl (C=O) groups is 1. The summed E-state index contributed by atoms with van der Waals surface area (Å²) in [6.07, 6.45) is 2.30. The topological polar surface area (TPSA) is 22.0 Å². The fourth-order valence-electron chi connectivity index (χ4n) is 2.45. The molecular formula is C17H14ClNO. The van der Waals surface area contributed by atoms with Gasteiger partial charge in [-0.3, -0.25) is 4.79 Å². The quantitative estimate of drug-likeness (QED) is 0.659. The van der Waals surface area contributed by atoms with Gasteiger partial charge in [-0.2, -0.15) is 0 Å². The predicted molar refractivity (Wildman–Crippen MR) is 82.4 cm³/mol. The minimum Gasteiger partial charge on any atom is -0.350 e. The Balaban J connectivity index is 1.95. The van der Waals surface area contributed by atoms with Crippen molar-refractivity contribution < 1.29 is 4.79 Å². The normalized spacial score (nSPS) is 10.9. The van der Waals surface area contributed by atoms with Gasteiger partial charge >= 0.3 is 0 Å². The second-order valence-corrected chi connectivity index (χ2v) is 5.33. The van der Waals surface area contributed by atoms with Gasteiger partial charge in [0.15, 0.2) is 5.78 Å². The maximum atomic E-state index is 12.5. The second kappa shape index (κ2) is 5.14. The van der Waals surface area contributed by atoms with Crippen molar-refractivity contribution in [1.82, 2.24) is 4.57 Å². The molecule has 1 aromatic heterocycles. The summed E-state index contributed by atoms with van der Waals surface area (Å²) in [6, 6.07) is 15.4. The van der Waals surface area contributed by atoms with Crippen LogP contribution in [0.4, 0.5) is 0 Å². The summed E-state index contributed by atoms with van der Waals surface area (Å²) in [4.78, 5) is 12.5. The first-order valence-corrected chi connectivity index (χ1v) is 6.84. The molecule has 0 spiro atoms. The van der Waals surface area contributed by atoms with E-state index in [0.717, 1.165) is 22.0 Å². The van der Waals surface area contributed by atoms with Crippen molar-refractivity contribution in [2.24, 2.45) is 7.05 Å². The van der Waals surface area contributed by atoms with E-state index in [1.165, 1.54) is 0 Å². The van der Waals surface area contributed by atoms with Crippen LogP contribution < -0.4 is 0 Å². The average Bonchev–Trinajstić information content (AvgIpc) is 2.79. The van der Waals surface area contributed by atoms with Gasteiger partial charge in [-0.1, -0.05) is 41.9 Å². The maximum Gasteiger partial charge on any atom is 0.169 e. The van der Waals surface area contributed by atoms with Crippen molar-refractivity contribution in [1.29, 1.82) is 0 Å². The third-order valence-corrected chi connectivity index (χ3v) is 3.73. The van der Waals surface area contributed by atoms with Gasteiger partial charge in [0, 0.05) is 41.2 Å². The lowest BCUT2D eigenvalue weighted by Gasteiger charge is -2.00. The van der Waals surface area contributed by atoms with Crippen molar-refractivity contribution >= 4 is 28.3 Å². The van der Waals surface area contributed by atoms with E-state index >= 15 is 0 Å². The van der Waals surface area contributed by atoms with Crippen LogP contribution in [0.2, 0.25) is 5.02 Å². The number of hydrogen-bond acceptors (Lipinski definition) is 1. The summed E-state index contributed by atoms with van der Waals surface area (Å²) < 4.78 is 1.99. The minimum absolute atomic E-state index is 0.129. The van der Waals surface area contributed by atoms with Crippen LogP contribution in [0, 0.1) is 0 Å². The van der Waals surface area contributed by atoms with Crippen LogP contribution in [-0.2, 0) is 13.5 Å². The van der Waals surface area contributed by atoms with Crippen LogP contribution in [0.3, 0.4) is 0 Å². The number of aromatic nitrogens is 1. The van der Waals surface area contributed by atoms with Crippen molar-refractivity contribution in [3.8, 4) is 0 Å². The molecule has 3 heteroatoms. The van der Waals surface area contributed by atoms with Crippen molar-refractivity contribution in [3.05, 3.63) is 70.9 Å². The van der Waals surface area contributed by atoms with Crippen molar-refractivity contribution in [3.63, 3.8) is 0 Å². The van der Waals surface area contributed by atoms with Gasteiger partial charge in [0.2, 0.25) is 0 Å². The Morgan fingerprint density at radius 2 is 1.80 bits per heavy atom. The summed E-state index contributed by atoms with van der Waals surface area (Å²) in [5.74, 6) is 0.129. The number of nitrogens with zero attached hydrogens (tertiary/aromatic N) is 1. The van der Waals surface area contributed by atoms with Crippen molar-refractivity contribution in [2.45, 2.75) is 6.42 Å². The summed E-state index contributed by atoms with van der Waals surface area (Å²) in [7, 11) is 1.96. The lowest BCUT2D eigenvalue weighted by Crippen LogP contribution is -2.02. The third kappa shape index (κ3) is 2.35. The van der Waals surface area contributed by atoms with E-state index in [-0.39, 0.29) is 5.78 Å². The standard InChI is InChI=1S/C17H14ClNO/c1-19-11-15(14-4-2-3-5-16(14)19)17(20)10-12-6-8-13(18)9-7-12/h2-9,11H,10H2,1H3. The monoisotopic (exact) mass is 283 g/mol. The highest BCUT2D eigenvalue weighted by Gasteiger charge is 2.13. The number of aryl methyl sites for hydroxylation is 1. The SMILES string of the molecule is Cn1cc(C(=O)Cc2ccc(Cl)cc2)c2ccccc21. The summed E-state index contributed by atoms with van der Waals surface area (Å²) in [5, 5.41) is 1.69. The smallest absolute Gasteiger partial charge is 0.169 e. The minimum atomic E-state index is 0.129. The van der Waals surface area contributed by atoms with E-state index in [2.05, 4.69) is 0 Å². The van der Waals surface area contributed by atoms with E-state index in [1.54, 1.807) is 0 Å². The molecule has 0 unspecified atom stereocenters. The molecule has 2 aromatic carbocycles. The zero-order valence-electron chi connectivity index (χ0n) is 11.1. The number of rotatable bonds is 3. The Kier molecular flexibility index (Phi) is 3.33. The molecule has 2 nitrogen and oxygen atoms in total. The molecule has 0 atom stereocenters. The number of carbonyl (C=O) groups excluding carboxylic acids is 1. The molecule has 0 fully saturated rings. The van der Waals surface area contributed by atoms with E-state index in [9.17, 15) is 4.79 Å². The van der Waals surface area contributed by atoms with E-state index in [1.807, 2.05) is 66.3 Å². The van der Waals surface area contributed by atoms with E-state index in [4.69, 9.17) is 11.6 Å². The lowest BCUT2D eigenvalue weighted by atomic mass is 10.0. The Morgan fingerprint density at radius 1 is 1.10 bits per heavy atom. The van der Waals surface area contributed by atoms with Gasteiger partial charge in [0.05, 0.1) is 0 Å². The molecule has 0 aliphatic heterocycles. The molecule has 0 amide bonds. The number of ketones is 1. The van der Waals surface area contributed by atoms with Gasteiger partial charge in [0.25, 0.3) is 0 Å². The number of Topliss-reactive ketones (excluding diaryl/α,β-unsaturated/α-hetero) is 1. The second-order valence-electron chi connectivity index (χ2n) is 4.90. The number of hydrogen-bond donors (Lipinski definition) is 0. The molecule has 0 N–H and O–H groups in total. The molecule has 1 heterocycles. The number of halogens is 1. The van der Waals surface area contributed by atoms with Crippen LogP contribution in [0.25, 0.3) is 10.9 Å². The third-order valence-electron chi connectivity index (χ3n) is 3.48. The fraction of sp³-hybridized carbons (Fsp3) is 0.118. The molecule has 0 radical (unpaired) electrons. The molecule has 100 valence electrons. The first-order valence-electron chi connectivity index (χ1n) is 6.47. The first-order chi connectivity index (χ1) is 9.65. The molecule has 0 aliphatic carbocycles. The number of fused-ring (bicyclic) bond motifs is 1. The van der Waals surface area contributed by atoms with Gasteiger partial charge in [-0.25, -0.2) is 0 Å². The van der Waals surface area contributed by atoms with Gasteiger partial charge < -0.3 is 4.57 Å². The van der Waals surface area contributed by atoms with Gasteiger partial charge in [-0.05, 0) is 23.8 Å². The molecule has 3 aromatic rings. The van der Waals surface area contributed by atoms with E-state index in [0.29, 0.717) is 11.4 Å². The average molecular weight is 284 g/mol. The highest BCUT2D eigenvalue weighted by atomic mass is 35.5. The number of benzene rings is 2.